The Kier molecular flexibility index (Phi) is 5.16. The van der Waals surface area contributed by atoms with Gasteiger partial charge in [0.25, 0.3) is 0 Å². The maximum atomic E-state index is 11.0. The fraction of sp³-hybridized carbons (Fsp3) is 0.750. The lowest BCUT2D eigenvalue weighted by Crippen LogP contribution is -2.69. The maximum Gasteiger partial charge on any atom is 0.143 e. The molecule has 0 radical (unpaired) electrons. The van der Waals surface area contributed by atoms with Gasteiger partial charge in [0.2, 0.25) is 0 Å². The molecule has 2 rings (SSSR count). The zero-order chi connectivity index (χ0) is 18.3. The van der Waals surface area contributed by atoms with Gasteiger partial charge in [0.15, 0.2) is 0 Å². The lowest BCUT2D eigenvalue weighted by molar-refractivity contribution is -0.255. The smallest absolute Gasteiger partial charge is 0.143 e. The second-order valence-electron chi connectivity index (χ2n) is 8.87. The molecule has 4 nitrogen and oxygen atoms in total. The van der Waals surface area contributed by atoms with Crippen molar-refractivity contribution in [2.45, 2.75) is 71.7 Å². The highest BCUT2D eigenvalue weighted by atomic mass is 16.4. The van der Waals surface area contributed by atoms with Gasteiger partial charge < -0.3 is 15.3 Å². The van der Waals surface area contributed by atoms with E-state index in [-0.39, 0.29) is 22.7 Å². The molecule has 0 aromatic heterocycles. The summed E-state index contributed by atoms with van der Waals surface area (Å²) in [6, 6.07) is 0. The monoisotopic (exact) mass is 336 g/mol. The number of rotatable bonds is 3. The molecule has 0 spiro atoms. The Hall–Kier alpha value is -0.970. The second-order valence-corrected chi connectivity index (χ2v) is 8.87. The summed E-state index contributed by atoms with van der Waals surface area (Å²) >= 11 is 0. The average molecular weight is 336 g/mol. The molecule has 2 aliphatic carbocycles. The van der Waals surface area contributed by atoms with Gasteiger partial charge >= 0.3 is 0 Å². The molecular weight excluding hydrogens is 304 g/mol. The van der Waals surface area contributed by atoms with Crippen molar-refractivity contribution in [3.05, 3.63) is 23.8 Å². The van der Waals surface area contributed by atoms with E-state index in [0.29, 0.717) is 0 Å². The minimum absolute atomic E-state index is 0.0982. The largest absolute Gasteiger partial charge is 0.390 e. The average Bonchev–Trinajstić information content (AvgIpc) is 2.44. The van der Waals surface area contributed by atoms with Gasteiger partial charge in [0.05, 0.1) is 11.7 Å². The summed E-state index contributed by atoms with van der Waals surface area (Å²) in [6.45, 7) is 9.85. The van der Waals surface area contributed by atoms with Gasteiger partial charge in [-0.1, -0.05) is 39.3 Å². The van der Waals surface area contributed by atoms with Crippen LogP contribution in [0.3, 0.4) is 0 Å². The fourth-order valence-corrected chi connectivity index (χ4v) is 5.53. The molecule has 0 heterocycles. The Bertz CT molecular complexity index is 546. The summed E-state index contributed by atoms with van der Waals surface area (Å²) in [5.41, 5.74) is -1.04. The molecule has 6 atom stereocenters. The van der Waals surface area contributed by atoms with E-state index in [1.54, 1.807) is 6.92 Å². The SMILES string of the molecule is CC(=C/C=O)/C=C/C1[C@@]2(C)CCCC(C)(C)C2[C@@H](O)[C@H](O)[C@@]1(C)O. The first kappa shape index (κ1) is 19.4. The Morgan fingerprint density at radius 2 is 1.75 bits per heavy atom. The van der Waals surface area contributed by atoms with Crippen LogP contribution in [-0.2, 0) is 4.79 Å². The summed E-state index contributed by atoms with van der Waals surface area (Å²) in [6.07, 6.45) is 6.75. The van der Waals surface area contributed by atoms with Gasteiger partial charge in [-0.05, 0) is 55.1 Å². The van der Waals surface area contributed by atoms with Gasteiger partial charge in [-0.25, -0.2) is 0 Å². The van der Waals surface area contributed by atoms with Gasteiger partial charge in [0, 0.05) is 5.92 Å². The van der Waals surface area contributed by atoms with E-state index < -0.39 is 17.8 Å². The minimum atomic E-state index is -1.42. The normalized spacial score (nSPS) is 45.9. The predicted octanol–water partition coefficient (Wildman–Crippen LogP) is 2.62. The topological polar surface area (TPSA) is 77.8 Å². The molecule has 2 unspecified atom stereocenters. The van der Waals surface area contributed by atoms with E-state index in [4.69, 9.17) is 0 Å². The van der Waals surface area contributed by atoms with Crippen LogP contribution < -0.4 is 0 Å². The van der Waals surface area contributed by atoms with Gasteiger partial charge in [-0.2, -0.15) is 0 Å². The van der Waals surface area contributed by atoms with Crippen molar-refractivity contribution in [2.75, 3.05) is 0 Å². The number of fused-ring (bicyclic) bond motifs is 1. The highest BCUT2D eigenvalue weighted by Gasteiger charge is 2.64. The molecule has 3 N–H and O–H groups in total. The Morgan fingerprint density at radius 1 is 1.12 bits per heavy atom. The van der Waals surface area contributed by atoms with Crippen LogP contribution in [0.5, 0.6) is 0 Å². The van der Waals surface area contributed by atoms with Crippen LogP contribution in [0.4, 0.5) is 0 Å². The van der Waals surface area contributed by atoms with Crippen molar-refractivity contribution in [1.29, 1.82) is 0 Å². The highest BCUT2D eigenvalue weighted by molar-refractivity contribution is 5.66. The number of aldehydes is 1. The van der Waals surface area contributed by atoms with Crippen LogP contribution in [-0.4, -0.2) is 39.4 Å². The number of hydrogen-bond acceptors (Lipinski definition) is 4. The van der Waals surface area contributed by atoms with E-state index in [1.807, 2.05) is 19.1 Å². The molecule has 0 aliphatic heterocycles. The van der Waals surface area contributed by atoms with Gasteiger partial charge in [-0.3, -0.25) is 4.79 Å². The number of carbonyl (C=O) groups is 1. The van der Waals surface area contributed by atoms with E-state index in [0.717, 1.165) is 31.1 Å². The molecule has 2 fully saturated rings. The Balaban J connectivity index is 2.52. The third-order valence-electron chi connectivity index (χ3n) is 6.58. The lowest BCUT2D eigenvalue weighted by Gasteiger charge is -2.63. The first-order chi connectivity index (χ1) is 11.0. The van der Waals surface area contributed by atoms with Crippen molar-refractivity contribution < 1.29 is 20.1 Å². The predicted molar refractivity (Wildman–Crippen MR) is 94.3 cm³/mol. The van der Waals surface area contributed by atoms with Crippen LogP contribution in [0, 0.1) is 22.7 Å². The van der Waals surface area contributed by atoms with Crippen LogP contribution in [0.1, 0.15) is 53.9 Å². The van der Waals surface area contributed by atoms with Crippen molar-refractivity contribution in [3.63, 3.8) is 0 Å². The molecule has 136 valence electrons. The summed E-state index contributed by atoms with van der Waals surface area (Å²) in [5, 5.41) is 32.5. The zero-order valence-corrected chi connectivity index (χ0v) is 15.5. The molecule has 24 heavy (non-hydrogen) atoms. The number of aliphatic hydroxyl groups is 3. The number of hydrogen-bond donors (Lipinski definition) is 3. The lowest BCUT2D eigenvalue weighted by atomic mass is 9.44. The van der Waals surface area contributed by atoms with E-state index in [9.17, 15) is 20.1 Å². The molecule has 0 saturated heterocycles. The quantitative estimate of drug-likeness (QED) is 0.421. The summed E-state index contributed by atoms with van der Waals surface area (Å²) in [5.74, 6) is -0.401. The van der Waals surface area contributed by atoms with Crippen molar-refractivity contribution >= 4 is 6.29 Å². The van der Waals surface area contributed by atoms with Gasteiger partial charge in [0.1, 0.15) is 12.4 Å². The third-order valence-corrected chi connectivity index (χ3v) is 6.58. The minimum Gasteiger partial charge on any atom is -0.390 e. The summed E-state index contributed by atoms with van der Waals surface area (Å²) in [4.78, 5) is 10.6. The maximum absolute atomic E-state index is 11.0. The molecule has 0 amide bonds. The zero-order valence-electron chi connectivity index (χ0n) is 15.5. The van der Waals surface area contributed by atoms with Crippen molar-refractivity contribution in [3.8, 4) is 0 Å². The Morgan fingerprint density at radius 3 is 2.33 bits per heavy atom. The molecule has 4 heteroatoms. The standard InChI is InChI=1S/C20H32O4/c1-13(9-12-21)7-8-14-19(4)11-6-10-18(2,3)16(19)15(22)17(23)20(14,5)24/h7-9,12,14-17,22-24H,6,10-11H2,1-5H3/b8-7+,13-9-/t14?,15-,16?,17+,19-,20+/m1/s1. The fourth-order valence-electron chi connectivity index (χ4n) is 5.53. The number of carbonyl (C=O) groups excluding carboxylic acids is 1. The first-order valence-electron chi connectivity index (χ1n) is 8.87. The van der Waals surface area contributed by atoms with Crippen LogP contribution >= 0.6 is 0 Å². The summed E-state index contributed by atoms with van der Waals surface area (Å²) in [7, 11) is 0. The molecule has 2 saturated carbocycles. The van der Waals surface area contributed by atoms with E-state index in [2.05, 4.69) is 20.8 Å². The molecule has 0 aromatic rings. The molecule has 2 aliphatic rings. The number of allylic oxidation sites excluding steroid dienone is 3. The van der Waals surface area contributed by atoms with Crippen molar-refractivity contribution in [1.82, 2.24) is 0 Å². The summed E-state index contributed by atoms with van der Waals surface area (Å²) < 4.78 is 0. The first-order valence-corrected chi connectivity index (χ1v) is 8.87. The molecule has 0 aromatic carbocycles. The third kappa shape index (κ3) is 3.00. The van der Waals surface area contributed by atoms with E-state index in [1.165, 1.54) is 6.08 Å². The van der Waals surface area contributed by atoms with E-state index >= 15 is 0 Å². The van der Waals surface area contributed by atoms with Crippen LogP contribution in [0.2, 0.25) is 0 Å². The highest BCUT2D eigenvalue weighted by Crippen LogP contribution is 2.62. The number of aliphatic hydroxyl groups excluding tert-OH is 2. The Labute approximate surface area is 145 Å². The van der Waals surface area contributed by atoms with Crippen LogP contribution in [0.15, 0.2) is 23.8 Å². The second kappa shape index (κ2) is 6.40. The van der Waals surface area contributed by atoms with Crippen molar-refractivity contribution in [2.24, 2.45) is 22.7 Å². The van der Waals surface area contributed by atoms with Gasteiger partial charge in [-0.15, -0.1) is 0 Å². The molecular formula is C20H32O4. The van der Waals surface area contributed by atoms with Crippen LogP contribution in [0.25, 0.3) is 0 Å². The molecule has 0 bridgehead atoms.